The molecule has 0 saturated carbocycles. The average molecular weight is 635 g/mol. The first-order valence-electron chi connectivity index (χ1n) is 12.9. The van der Waals surface area contributed by atoms with Crippen molar-refractivity contribution in [2.24, 2.45) is 0 Å². The molecule has 0 unspecified atom stereocenters. The number of hydrogen-bond acceptors (Lipinski definition) is 7. The van der Waals surface area contributed by atoms with Crippen molar-refractivity contribution in [2.45, 2.75) is 0 Å². The Hall–Kier alpha value is -8.76. The highest BCUT2D eigenvalue weighted by molar-refractivity contribution is 6.31. The van der Waals surface area contributed by atoms with Crippen LogP contribution in [0.25, 0.3) is 52.9 Å². The molecule has 49 heavy (non-hydrogen) atoms. The first-order valence-corrected chi connectivity index (χ1v) is 12.9. The summed E-state index contributed by atoms with van der Waals surface area (Å²) in [4.78, 5) is 16.1. The van der Waals surface area contributed by atoms with Gasteiger partial charge in [0.05, 0.1) is 66.8 Å². The Morgan fingerprint density at radius 2 is 1.22 bits per heavy atom. The zero-order valence-corrected chi connectivity index (χ0v) is 23.9. The van der Waals surface area contributed by atoms with Gasteiger partial charge in [-0.3, -0.25) is 0 Å². The van der Waals surface area contributed by atoms with Crippen LogP contribution in [0.3, 0.4) is 0 Å². The molecule has 1 aromatic heterocycles. The van der Waals surface area contributed by atoms with E-state index in [0.29, 0.717) is 12.1 Å². The molecule has 0 spiro atoms. The van der Waals surface area contributed by atoms with E-state index in [1.807, 2.05) is 18.2 Å². The number of nitriles is 6. The second-order valence-corrected chi connectivity index (χ2v) is 9.62. The minimum atomic E-state index is -1.26. The second-order valence-electron chi connectivity index (χ2n) is 9.62. The number of rotatable bonds is 2. The Balaban J connectivity index is 2.16. The summed E-state index contributed by atoms with van der Waals surface area (Å²) in [5.41, 5.74) is -9.86. The minimum absolute atomic E-state index is 0.328. The van der Waals surface area contributed by atoms with Crippen molar-refractivity contribution in [1.82, 2.24) is 4.98 Å². The summed E-state index contributed by atoms with van der Waals surface area (Å²) in [5, 5.41) is 61.6. The number of benzene rings is 2. The molecule has 1 heterocycles. The maximum absolute atomic E-state index is 15.6. The number of pyridine rings is 1. The Labute approximate surface area is 274 Å². The smallest absolute Gasteiger partial charge is 0.237 e. The fourth-order valence-electron chi connectivity index (χ4n) is 5.75. The van der Waals surface area contributed by atoms with Gasteiger partial charge in [-0.1, -0.05) is 0 Å². The Kier molecular flexibility index (Phi) is 7.73. The van der Waals surface area contributed by atoms with Gasteiger partial charge in [0.2, 0.25) is 17.3 Å². The molecule has 0 amide bonds. The van der Waals surface area contributed by atoms with Gasteiger partial charge < -0.3 is 0 Å². The van der Waals surface area contributed by atoms with Crippen molar-refractivity contribution in [3.8, 4) is 36.4 Å². The van der Waals surface area contributed by atoms with Gasteiger partial charge in [-0.15, -0.1) is 0 Å². The van der Waals surface area contributed by atoms with Crippen LogP contribution < -0.4 is 0 Å². The SMILES string of the molecule is [C-]#[N+]C1=C(c2cc(F)c([N+]#[C-])cc2F)/C(=C(/C#N)[N+]#[C-])c2c(C#N)c3c(c(C#N)c21)C(C#N)=C(c1cc(F)ncc1C#N)/C3=C(\C#N)[N+]#[C-]. The third-order valence-corrected chi connectivity index (χ3v) is 7.52. The lowest BCUT2D eigenvalue weighted by atomic mass is 9.83. The van der Waals surface area contributed by atoms with E-state index in [-0.39, 0.29) is 11.1 Å². The van der Waals surface area contributed by atoms with Crippen LogP contribution in [-0.2, 0) is 0 Å². The maximum Gasteiger partial charge on any atom is 0.270 e. The monoisotopic (exact) mass is 635 g/mol. The van der Waals surface area contributed by atoms with Gasteiger partial charge in [-0.25, -0.2) is 43.7 Å². The molecule has 220 valence electrons. The van der Waals surface area contributed by atoms with E-state index in [1.165, 1.54) is 0 Å². The lowest BCUT2D eigenvalue weighted by molar-refractivity contribution is 0.583. The molecule has 11 nitrogen and oxygen atoms in total. The molecule has 2 aliphatic carbocycles. The Morgan fingerprint density at radius 3 is 1.73 bits per heavy atom. The lowest BCUT2D eigenvalue weighted by Crippen LogP contribution is -2.05. The van der Waals surface area contributed by atoms with Crippen molar-refractivity contribution in [3.63, 3.8) is 0 Å². The van der Waals surface area contributed by atoms with Crippen molar-refractivity contribution in [1.29, 1.82) is 31.6 Å². The standard InChI is InChI=1S/C35H4F3N11/c1-45-23-7-21(36)17(5-22(23)37)31-34(25(13-44)47-3)30-20(11-42)29-28(19(10-41)32(30)35(31)48-4)18(9-40)27(33(29)24(12-43)46-2)16-6-26(38)49-14-15(16)8-39/h5-7,14H/b33-24-,34-25-. The molecule has 0 saturated heterocycles. The predicted molar refractivity (Wildman–Crippen MR) is 162 cm³/mol. The number of halogens is 3. The van der Waals surface area contributed by atoms with Crippen molar-refractivity contribution in [2.75, 3.05) is 0 Å². The lowest BCUT2D eigenvalue weighted by Gasteiger charge is -2.17. The largest absolute Gasteiger partial charge is 0.270 e. The zero-order valence-electron chi connectivity index (χ0n) is 23.9. The van der Waals surface area contributed by atoms with Gasteiger partial charge >= 0.3 is 0 Å². The molecule has 0 N–H and O–H groups in total. The molecular formula is C35H4F3N11. The van der Waals surface area contributed by atoms with Gasteiger partial charge in [0.15, 0.2) is 0 Å². The molecule has 0 atom stereocenters. The van der Waals surface area contributed by atoms with E-state index in [9.17, 15) is 40.4 Å². The van der Waals surface area contributed by atoms with Gasteiger partial charge in [-0.2, -0.15) is 25.4 Å². The molecule has 14 heteroatoms. The van der Waals surface area contributed by atoms with Crippen LogP contribution in [0, 0.1) is 112 Å². The highest BCUT2D eigenvalue weighted by Crippen LogP contribution is 2.59. The summed E-state index contributed by atoms with van der Waals surface area (Å²) in [6, 6.07) is 12.3. The number of fused-ring (bicyclic) bond motifs is 2. The molecule has 0 fully saturated rings. The normalized spacial score (nSPS) is 14.1. The van der Waals surface area contributed by atoms with Crippen LogP contribution in [0.15, 0.2) is 35.8 Å². The van der Waals surface area contributed by atoms with Gasteiger partial charge in [-0.05, 0) is 34.4 Å². The van der Waals surface area contributed by atoms with Gasteiger partial charge in [0.1, 0.15) is 29.8 Å². The predicted octanol–water partition coefficient (Wildman–Crippen LogP) is 7.22. The van der Waals surface area contributed by atoms with E-state index in [4.69, 9.17) is 26.3 Å². The van der Waals surface area contributed by atoms with Crippen molar-refractivity contribution >= 4 is 39.2 Å². The van der Waals surface area contributed by atoms with Crippen LogP contribution in [0.5, 0.6) is 0 Å². The molecule has 0 radical (unpaired) electrons. The van der Waals surface area contributed by atoms with Crippen LogP contribution in [0.1, 0.15) is 50.1 Å². The van der Waals surface area contributed by atoms with E-state index in [0.717, 1.165) is 12.3 Å². The van der Waals surface area contributed by atoms with E-state index in [1.54, 1.807) is 18.2 Å². The van der Waals surface area contributed by atoms with Crippen molar-refractivity contribution in [3.05, 3.63) is 149 Å². The van der Waals surface area contributed by atoms with Crippen molar-refractivity contribution < 1.29 is 13.2 Å². The first kappa shape index (κ1) is 31.7. The third kappa shape index (κ3) is 4.32. The van der Waals surface area contributed by atoms with Gasteiger partial charge in [0, 0.05) is 45.7 Å². The molecule has 3 aromatic rings. The topological polar surface area (TPSA) is 173 Å². The maximum atomic E-state index is 15.6. The summed E-state index contributed by atoms with van der Waals surface area (Å²) < 4.78 is 45.1. The number of allylic oxidation sites excluding steroid dienone is 7. The first-order chi connectivity index (χ1) is 23.7. The third-order valence-electron chi connectivity index (χ3n) is 7.52. The molecule has 0 bridgehead atoms. The molecular weight excluding hydrogens is 631 g/mol. The molecule has 2 aromatic carbocycles. The highest BCUT2D eigenvalue weighted by atomic mass is 19.1. The fraction of sp³-hybridized carbons (Fsp3) is 0. The minimum Gasteiger partial charge on any atom is -0.237 e. The molecule has 0 aliphatic heterocycles. The Bertz CT molecular complexity index is 2710. The summed E-state index contributed by atoms with van der Waals surface area (Å²) in [7, 11) is 0. The number of hydrogen-bond donors (Lipinski definition) is 0. The van der Waals surface area contributed by atoms with Crippen LogP contribution in [0.2, 0.25) is 0 Å². The van der Waals surface area contributed by atoms with E-state index >= 15 is 4.39 Å². The van der Waals surface area contributed by atoms with E-state index in [2.05, 4.69) is 24.4 Å². The summed E-state index contributed by atoms with van der Waals surface area (Å²) >= 11 is 0. The zero-order chi connectivity index (χ0) is 35.7. The highest BCUT2D eigenvalue weighted by Gasteiger charge is 2.44. The fourth-order valence-corrected chi connectivity index (χ4v) is 5.75. The average Bonchev–Trinajstić information content (AvgIpc) is 3.62. The summed E-state index contributed by atoms with van der Waals surface area (Å²) in [6.45, 7) is 30.5. The van der Waals surface area contributed by atoms with Crippen LogP contribution in [0.4, 0.5) is 18.9 Å². The molecule has 5 rings (SSSR count). The van der Waals surface area contributed by atoms with Crippen LogP contribution >= 0.6 is 0 Å². The van der Waals surface area contributed by atoms with E-state index < -0.39 is 107 Å². The quantitative estimate of drug-likeness (QED) is 0.162. The number of aromatic nitrogens is 1. The summed E-state index contributed by atoms with van der Waals surface area (Å²) in [6.07, 6.45) is 0.822. The van der Waals surface area contributed by atoms with Gasteiger partial charge in [0.25, 0.3) is 11.4 Å². The summed E-state index contributed by atoms with van der Waals surface area (Å²) in [5.74, 6) is -3.63. The Morgan fingerprint density at radius 1 is 0.633 bits per heavy atom. The van der Waals surface area contributed by atoms with Crippen LogP contribution in [-0.4, -0.2) is 4.98 Å². The number of nitrogens with zero attached hydrogens (tertiary/aromatic N) is 11. The second kappa shape index (κ2) is 12.0. The molecule has 2 aliphatic rings.